The summed E-state index contributed by atoms with van der Waals surface area (Å²) in [7, 11) is 3.20. The van der Waals surface area contributed by atoms with Crippen LogP contribution in [0, 0.1) is 0 Å². The number of likely N-dealkylation sites (tertiary alicyclic amines) is 1. The molecule has 0 saturated carbocycles. The highest BCUT2D eigenvalue weighted by atomic mass is 79.9. The summed E-state index contributed by atoms with van der Waals surface area (Å²) in [5.74, 6) is 3.05. The summed E-state index contributed by atoms with van der Waals surface area (Å²) >= 11 is 3.47. The molecular weight excluding hydrogens is 490 g/mol. The number of carbonyl (C=O) groups excluding carboxylic acids is 1. The quantitative estimate of drug-likeness (QED) is 0.492. The van der Waals surface area contributed by atoms with Gasteiger partial charge in [0.25, 0.3) is 5.89 Å². The molecule has 5 rings (SSSR count). The number of hydrogen-bond donors (Lipinski definition) is 0. The lowest BCUT2D eigenvalue weighted by Crippen LogP contribution is -2.50. The predicted octanol–water partition coefficient (Wildman–Crippen LogP) is 4.52. The molecule has 0 radical (unpaired) electrons. The largest absolute Gasteiger partial charge is 0.497 e. The molecule has 0 amide bonds. The topological polar surface area (TPSA) is 86.9 Å². The molecule has 2 aliphatic heterocycles. The van der Waals surface area contributed by atoms with Gasteiger partial charge >= 0.3 is 0 Å². The second kappa shape index (κ2) is 8.79. The van der Waals surface area contributed by atoms with E-state index in [1.807, 2.05) is 36.4 Å². The Bertz CT molecular complexity index is 1190. The number of methoxy groups -OCH3 is 2. The summed E-state index contributed by atoms with van der Waals surface area (Å²) in [5.41, 5.74) is 0.903. The van der Waals surface area contributed by atoms with Crippen molar-refractivity contribution in [2.24, 2.45) is 0 Å². The Morgan fingerprint density at radius 3 is 2.64 bits per heavy atom. The number of hydrogen-bond acceptors (Lipinski definition) is 8. The van der Waals surface area contributed by atoms with Gasteiger partial charge in [0.1, 0.15) is 22.8 Å². The van der Waals surface area contributed by atoms with Crippen LogP contribution in [0.1, 0.15) is 35.5 Å². The van der Waals surface area contributed by atoms with Crippen LogP contribution in [0.2, 0.25) is 0 Å². The minimum atomic E-state index is -0.449. The van der Waals surface area contributed by atoms with Gasteiger partial charge in [-0.15, -0.1) is 10.2 Å². The number of benzene rings is 2. The lowest BCUT2D eigenvalue weighted by molar-refractivity contribution is -0.0123. The molecule has 0 unspecified atom stereocenters. The molecule has 0 N–H and O–H groups in total. The van der Waals surface area contributed by atoms with Crippen LogP contribution in [-0.2, 0) is 6.54 Å². The molecule has 0 atom stereocenters. The first-order chi connectivity index (χ1) is 16.0. The maximum Gasteiger partial charge on any atom is 0.251 e. The monoisotopic (exact) mass is 513 g/mol. The van der Waals surface area contributed by atoms with E-state index in [9.17, 15) is 4.79 Å². The molecule has 2 aromatic carbocycles. The van der Waals surface area contributed by atoms with Crippen molar-refractivity contribution in [1.29, 1.82) is 0 Å². The lowest BCUT2D eigenvalue weighted by atomic mass is 9.82. The molecule has 1 aromatic heterocycles. The van der Waals surface area contributed by atoms with E-state index in [4.69, 9.17) is 18.6 Å². The van der Waals surface area contributed by atoms with Crippen LogP contribution in [0.25, 0.3) is 11.5 Å². The van der Waals surface area contributed by atoms with E-state index >= 15 is 0 Å². The van der Waals surface area contributed by atoms with E-state index in [0.717, 1.165) is 30.4 Å². The van der Waals surface area contributed by atoms with Crippen molar-refractivity contribution in [3.63, 3.8) is 0 Å². The summed E-state index contributed by atoms with van der Waals surface area (Å²) in [4.78, 5) is 15.0. The predicted molar refractivity (Wildman–Crippen MR) is 124 cm³/mol. The van der Waals surface area contributed by atoms with E-state index < -0.39 is 5.60 Å². The minimum absolute atomic E-state index is 0.144. The SMILES string of the molecule is COc1ccc(OC)c(-c2nnc(CN3CCC4(CC3)CC(=O)c3ccc(Br)cc3O4)o2)c1. The average Bonchev–Trinajstić information content (AvgIpc) is 3.28. The molecule has 172 valence electrons. The molecule has 1 saturated heterocycles. The highest BCUT2D eigenvalue weighted by molar-refractivity contribution is 9.10. The van der Waals surface area contributed by atoms with Gasteiger partial charge in [-0.25, -0.2) is 0 Å². The van der Waals surface area contributed by atoms with Crippen molar-refractivity contribution in [1.82, 2.24) is 15.1 Å². The molecule has 3 aromatic rings. The average molecular weight is 514 g/mol. The molecular formula is C24H24BrN3O5. The number of ketones is 1. The van der Waals surface area contributed by atoms with Gasteiger partial charge in [-0.05, 0) is 36.4 Å². The molecule has 8 nitrogen and oxygen atoms in total. The van der Waals surface area contributed by atoms with Crippen LogP contribution < -0.4 is 14.2 Å². The number of halogens is 1. The van der Waals surface area contributed by atoms with Crippen LogP contribution in [0.4, 0.5) is 0 Å². The Morgan fingerprint density at radius 2 is 1.88 bits per heavy atom. The number of rotatable bonds is 5. The zero-order chi connectivity index (χ0) is 23.0. The first kappa shape index (κ1) is 21.9. The first-order valence-electron chi connectivity index (χ1n) is 10.8. The number of nitrogens with zero attached hydrogens (tertiary/aromatic N) is 3. The fourth-order valence-electron chi connectivity index (χ4n) is 4.46. The Hall–Kier alpha value is -2.91. The van der Waals surface area contributed by atoms with Gasteiger partial charge in [0, 0.05) is 30.4 Å². The summed E-state index contributed by atoms with van der Waals surface area (Å²) in [6.45, 7) is 2.08. The van der Waals surface area contributed by atoms with Gasteiger partial charge in [0.15, 0.2) is 5.78 Å². The summed E-state index contributed by atoms with van der Waals surface area (Å²) < 4.78 is 23.9. The Balaban J connectivity index is 1.26. The highest BCUT2D eigenvalue weighted by Gasteiger charge is 2.43. The smallest absolute Gasteiger partial charge is 0.251 e. The molecule has 9 heteroatoms. The Labute approximate surface area is 200 Å². The van der Waals surface area contributed by atoms with Gasteiger partial charge in [-0.1, -0.05) is 15.9 Å². The van der Waals surface area contributed by atoms with Crippen molar-refractivity contribution in [3.05, 3.63) is 52.3 Å². The van der Waals surface area contributed by atoms with Crippen molar-refractivity contribution in [3.8, 4) is 28.7 Å². The summed E-state index contributed by atoms with van der Waals surface area (Å²) in [5, 5.41) is 8.44. The fraction of sp³-hybridized carbons (Fsp3) is 0.375. The van der Waals surface area contributed by atoms with Crippen LogP contribution in [-0.4, -0.2) is 53.8 Å². The minimum Gasteiger partial charge on any atom is -0.497 e. The van der Waals surface area contributed by atoms with Gasteiger partial charge in [-0.3, -0.25) is 9.69 Å². The molecule has 1 spiro atoms. The van der Waals surface area contributed by atoms with E-state index in [1.165, 1.54) is 0 Å². The van der Waals surface area contributed by atoms with E-state index in [2.05, 4.69) is 31.0 Å². The van der Waals surface area contributed by atoms with E-state index in [1.54, 1.807) is 14.2 Å². The molecule has 2 aliphatic rings. The maximum atomic E-state index is 12.7. The fourth-order valence-corrected chi connectivity index (χ4v) is 4.80. The molecule has 33 heavy (non-hydrogen) atoms. The third-order valence-corrected chi connectivity index (χ3v) is 6.78. The van der Waals surface area contributed by atoms with Crippen molar-refractivity contribution in [2.75, 3.05) is 27.3 Å². The molecule has 3 heterocycles. The van der Waals surface area contributed by atoms with E-state index in [0.29, 0.717) is 53.1 Å². The Kier molecular flexibility index (Phi) is 5.84. The third kappa shape index (κ3) is 4.35. The van der Waals surface area contributed by atoms with Gasteiger partial charge < -0.3 is 18.6 Å². The normalized spacial score (nSPS) is 17.5. The number of fused-ring (bicyclic) bond motifs is 1. The highest BCUT2D eigenvalue weighted by Crippen LogP contribution is 2.40. The zero-order valence-electron chi connectivity index (χ0n) is 18.5. The number of ether oxygens (including phenoxy) is 3. The summed E-state index contributed by atoms with van der Waals surface area (Å²) in [6, 6.07) is 11.0. The van der Waals surface area contributed by atoms with Crippen molar-refractivity contribution in [2.45, 2.75) is 31.4 Å². The van der Waals surface area contributed by atoms with Crippen LogP contribution in [0.3, 0.4) is 0 Å². The Morgan fingerprint density at radius 1 is 1.06 bits per heavy atom. The van der Waals surface area contributed by atoms with Crippen LogP contribution in [0.15, 0.2) is 45.3 Å². The second-order valence-corrected chi connectivity index (χ2v) is 9.28. The number of carbonyl (C=O) groups is 1. The number of Topliss-reactive ketones (excluding diaryl/α,β-unsaturated/α-hetero) is 1. The molecule has 0 aliphatic carbocycles. The first-order valence-corrected chi connectivity index (χ1v) is 11.6. The van der Waals surface area contributed by atoms with Crippen molar-refractivity contribution < 1.29 is 23.4 Å². The van der Waals surface area contributed by atoms with Gasteiger partial charge in [-0.2, -0.15) is 0 Å². The van der Waals surface area contributed by atoms with Crippen LogP contribution >= 0.6 is 15.9 Å². The van der Waals surface area contributed by atoms with Crippen LogP contribution in [0.5, 0.6) is 17.2 Å². The van der Waals surface area contributed by atoms with Gasteiger partial charge in [0.05, 0.1) is 38.3 Å². The zero-order valence-corrected chi connectivity index (χ0v) is 20.1. The molecule has 1 fully saturated rings. The van der Waals surface area contributed by atoms with E-state index in [-0.39, 0.29) is 5.78 Å². The standard InChI is InChI=1S/C24H24BrN3O5/c1-30-16-4-6-20(31-2)18(12-16)23-27-26-22(32-23)14-28-9-7-24(8-10-28)13-19(29)17-5-3-15(25)11-21(17)33-24/h3-6,11-12H,7-10,13-14H2,1-2H3. The molecule has 0 bridgehead atoms. The summed E-state index contributed by atoms with van der Waals surface area (Å²) in [6.07, 6.45) is 1.93. The van der Waals surface area contributed by atoms with Gasteiger partial charge in [0.2, 0.25) is 5.89 Å². The second-order valence-electron chi connectivity index (χ2n) is 8.37. The van der Waals surface area contributed by atoms with Crippen molar-refractivity contribution >= 4 is 21.7 Å². The number of piperidine rings is 1. The third-order valence-electron chi connectivity index (χ3n) is 6.28. The lowest BCUT2D eigenvalue weighted by Gasteiger charge is -2.43. The maximum absolute atomic E-state index is 12.7. The number of aromatic nitrogens is 2.